The van der Waals surface area contributed by atoms with Crippen molar-refractivity contribution in [3.8, 4) is 0 Å². The SMILES string of the molecule is COCCNC(=O)CCc1c(Cl)cccc1Cl. The van der Waals surface area contributed by atoms with Crippen LogP contribution in [0.4, 0.5) is 0 Å². The van der Waals surface area contributed by atoms with Crippen molar-refractivity contribution < 1.29 is 9.53 Å². The maximum absolute atomic E-state index is 11.5. The van der Waals surface area contributed by atoms with Gasteiger partial charge in [0.05, 0.1) is 6.61 Å². The van der Waals surface area contributed by atoms with Crippen LogP contribution in [0.25, 0.3) is 0 Å². The molecule has 3 nitrogen and oxygen atoms in total. The summed E-state index contributed by atoms with van der Waals surface area (Å²) in [6, 6.07) is 5.32. The fourth-order valence-corrected chi connectivity index (χ4v) is 1.98. The zero-order valence-electron chi connectivity index (χ0n) is 9.63. The molecule has 0 unspecified atom stereocenters. The Morgan fingerprint density at radius 3 is 2.59 bits per heavy atom. The molecule has 1 N–H and O–H groups in total. The molecule has 0 aliphatic carbocycles. The summed E-state index contributed by atoms with van der Waals surface area (Å²) < 4.78 is 4.84. The van der Waals surface area contributed by atoms with Crippen LogP contribution < -0.4 is 5.32 Å². The van der Waals surface area contributed by atoms with Gasteiger partial charge < -0.3 is 10.1 Å². The Bertz CT molecular complexity index is 363. The Morgan fingerprint density at radius 1 is 1.35 bits per heavy atom. The highest BCUT2D eigenvalue weighted by Gasteiger charge is 2.08. The first kappa shape index (κ1) is 14.3. The standard InChI is InChI=1S/C12H15Cl2NO2/c1-17-8-7-15-12(16)6-5-9-10(13)3-2-4-11(9)14/h2-4H,5-8H2,1H3,(H,15,16). The lowest BCUT2D eigenvalue weighted by Crippen LogP contribution is -2.27. The number of carbonyl (C=O) groups is 1. The van der Waals surface area contributed by atoms with Crippen LogP contribution in [0.15, 0.2) is 18.2 Å². The third-order valence-corrected chi connectivity index (χ3v) is 3.00. The van der Waals surface area contributed by atoms with Crippen LogP contribution in [0, 0.1) is 0 Å². The van der Waals surface area contributed by atoms with Crippen LogP contribution in [0.5, 0.6) is 0 Å². The summed E-state index contributed by atoms with van der Waals surface area (Å²) in [5.74, 6) is -0.0296. The number of amides is 1. The van der Waals surface area contributed by atoms with Gasteiger partial charge in [-0.15, -0.1) is 0 Å². The first-order valence-corrected chi connectivity index (χ1v) is 6.09. The predicted octanol–water partition coefficient (Wildman–Crippen LogP) is 2.69. The van der Waals surface area contributed by atoms with Gasteiger partial charge in [-0.05, 0) is 24.1 Å². The van der Waals surface area contributed by atoms with Crippen LogP contribution in [-0.2, 0) is 16.0 Å². The van der Waals surface area contributed by atoms with Gasteiger partial charge in [0.15, 0.2) is 0 Å². The summed E-state index contributed by atoms with van der Waals surface area (Å²) in [4.78, 5) is 11.5. The van der Waals surface area contributed by atoms with E-state index in [9.17, 15) is 4.79 Å². The van der Waals surface area contributed by atoms with Gasteiger partial charge in [0.1, 0.15) is 0 Å². The topological polar surface area (TPSA) is 38.3 Å². The van der Waals surface area contributed by atoms with Gasteiger partial charge in [-0.2, -0.15) is 0 Å². The number of hydrogen-bond donors (Lipinski definition) is 1. The van der Waals surface area contributed by atoms with Gasteiger partial charge >= 0.3 is 0 Å². The molecule has 1 aromatic rings. The third-order valence-electron chi connectivity index (χ3n) is 2.29. The number of carbonyl (C=O) groups excluding carboxylic acids is 1. The first-order valence-electron chi connectivity index (χ1n) is 5.33. The van der Waals surface area contributed by atoms with E-state index in [1.165, 1.54) is 0 Å². The second-order valence-electron chi connectivity index (χ2n) is 3.54. The Morgan fingerprint density at radius 2 is 2.00 bits per heavy atom. The number of hydrogen-bond acceptors (Lipinski definition) is 2. The second kappa shape index (κ2) is 7.54. The van der Waals surface area contributed by atoms with Gasteiger partial charge in [0.2, 0.25) is 5.91 Å². The summed E-state index contributed by atoms with van der Waals surface area (Å²) in [5.41, 5.74) is 0.817. The molecule has 1 amide bonds. The molecule has 1 aromatic carbocycles. The van der Waals surface area contributed by atoms with Crippen LogP contribution in [0.1, 0.15) is 12.0 Å². The minimum atomic E-state index is -0.0296. The lowest BCUT2D eigenvalue weighted by molar-refractivity contribution is -0.121. The van der Waals surface area contributed by atoms with E-state index in [2.05, 4.69) is 5.32 Å². The lowest BCUT2D eigenvalue weighted by Gasteiger charge is -2.07. The van der Waals surface area contributed by atoms with Crippen LogP contribution in [0.2, 0.25) is 10.0 Å². The summed E-state index contributed by atoms with van der Waals surface area (Å²) in [6.07, 6.45) is 0.907. The summed E-state index contributed by atoms with van der Waals surface area (Å²) >= 11 is 12.0. The van der Waals surface area contributed by atoms with Crippen molar-refractivity contribution >= 4 is 29.1 Å². The van der Waals surface area contributed by atoms with Gasteiger partial charge in [-0.25, -0.2) is 0 Å². The fourth-order valence-electron chi connectivity index (χ4n) is 1.39. The minimum absolute atomic E-state index is 0.0296. The summed E-state index contributed by atoms with van der Waals surface area (Å²) in [7, 11) is 1.59. The Hall–Kier alpha value is -0.770. The van der Waals surface area contributed by atoms with Crippen LogP contribution in [0.3, 0.4) is 0 Å². The number of methoxy groups -OCH3 is 1. The Balaban J connectivity index is 2.42. The maximum Gasteiger partial charge on any atom is 0.220 e. The molecule has 0 saturated carbocycles. The molecule has 0 aliphatic rings. The highest BCUT2D eigenvalue weighted by atomic mass is 35.5. The van der Waals surface area contributed by atoms with E-state index in [4.69, 9.17) is 27.9 Å². The number of halogens is 2. The molecule has 0 saturated heterocycles. The Labute approximate surface area is 111 Å². The molecular formula is C12H15Cl2NO2. The minimum Gasteiger partial charge on any atom is -0.383 e. The molecule has 94 valence electrons. The normalized spacial score (nSPS) is 10.3. The first-order chi connectivity index (χ1) is 8.15. The van der Waals surface area contributed by atoms with E-state index >= 15 is 0 Å². The third kappa shape index (κ3) is 4.94. The largest absolute Gasteiger partial charge is 0.383 e. The van der Waals surface area contributed by atoms with Gasteiger partial charge in [0, 0.05) is 30.1 Å². The van der Waals surface area contributed by atoms with Gasteiger partial charge in [-0.1, -0.05) is 29.3 Å². The van der Waals surface area contributed by atoms with Crippen molar-refractivity contribution in [1.82, 2.24) is 5.32 Å². The van der Waals surface area contributed by atoms with Crippen molar-refractivity contribution in [2.24, 2.45) is 0 Å². The number of nitrogens with one attached hydrogen (secondary N) is 1. The molecule has 0 bridgehead atoms. The fraction of sp³-hybridized carbons (Fsp3) is 0.417. The molecule has 0 fully saturated rings. The number of rotatable bonds is 6. The highest BCUT2D eigenvalue weighted by molar-refractivity contribution is 6.36. The lowest BCUT2D eigenvalue weighted by atomic mass is 10.1. The molecule has 5 heteroatoms. The number of benzene rings is 1. The van der Waals surface area contributed by atoms with Crippen molar-refractivity contribution in [3.05, 3.63) is 33.8 Å². The van der Waals surface area contributed by atoms with Crippen molar-refractivity contribution in [1.29, 1.82) is 0 Å². The quantitative estimate of drug-likeness (QED) is 0.811. The predicted molar refractivity (Wildman–Crippen MR) is 69.7 cm³/mol. The zero-order chi connectivity index (χ0) is 12.7. The van der Waals surface area contributed by atoms with Crippen LogP contribution in [-0.4, -0.2) is 26.2 Å². The second-order valence-corrected chi connectivity index (χ2v) is 4.36. The molecule has 0 heterocycles. The van der Waals surface area contributed by atoms with Crippen molar-refractivity contribution in [3.63, 3.8) is 0 Å². The molecule has 17 heavy (non-hydrogen) atoms. The Kier molecular flexibility index (Phi) is 6.34. The molecule has 0 radical (unpaired) electrons. The van der Waals surface area contributed by atoms with E-state index < -0.39 is 0 Å². The van der Waals surface area contributed by atoms with E-state index in [0.717, 1.165) is 5.56 Å². The summed E-state index contributed by atoms with van der Waals surface area (Å²) in [6.45, 7) is 1.03. The molecule has 0 atom stereocenters. The maximum atomic E-state index is 11.5. The zero-order valence-corrected chi connectivity index (χ0v) is 11.1. The van der Waals surface area contributed by atoms with E-state index in [0.29, 0.717) is 36.0 Å². The van der Waals surface area contributed by atoms with Gasteiger partial charge in [-0.3, -0.25) is 4.79 Å². The van der Waals surface area contributed by atoms with E-state index in [-0.39, 0.29) is 5.91 Å². The summed E-state index contributed by atoms with van der Waals surface area (Å²) in [5, 5.41) is 3.94. The molecule has 0 aliphatic heterocycles. The average molecular weight is 276 g/mol. The van der Waals surface area contributed by atoms with E-state index in [1.807, 2.05) is 0 Å². The molecular weight excluding hydrogens is 261 g/mol. The van der Waals surface area contributed by atoms with Crippen LogP contribution >= 0.6 is 23.2 Å². The molecule has 0 spiro atoms. The smallest absolute Gasteiger partial charge is 0.220 e. The monoisotopic (exact) mass is 275 g/mol. The number of ether oxygens (including phenoxy) is 1. The highest BCUT2D eigenvalue weighted by Crippen LogP contribution is 2.25. The van der Waals surface area contributed by atoms with Crippen molar-refractivity contribution in [2.45, 2.75) is 12.8 Å². The van der Waals surface area contributed by atoms with Gasteiger partial charge in [0.25, 0.3) is 0 Å². The van der Waals surface area contributed by atoms with Crippen molar-refractivity contribution in [2.75, 3.05) is 20.3 Å². The molecule has 1 rings (SSSR count). The molecule has 0 aromatic heterocycles. The van der Waals surface area contributed by atoms with E-state index in [1.54, 1.807) is 25.3 Å². The average Bonchev–Trinajstić information content (AvgIpc) is 2.29.